The van der Waals surface area contributed by atoms with Crippen LogP contribution in [-0.2, 0) is 0 Å². The number of ether oxygens (including phenoxy) is 1. The molecule has 0 radical (unpaired) electrons. The van der Waals surface area contributed by atoms with Gasteiger partial charge in [-0.2, -0.15) is 0 Å². The van der Waals surface area contributed by atoms with E-state index in [0.29, 0.717) is 17.5 Å². The maximum absolute atomic E-state index is 5.67. The Hall–Kier alpha value is -1.22. The van der Waals surface area contributed by atoms with Gasteiger partial charge in [0.15, 0.2) is 0 Å². The van der Waals surface area contributed by atoms with Crippen molar-refractivity contribution < 1.29 is 4.74 Å². The molecule has 0 saturated carbocycles. The van der Waals surface area contributed by atoms with E-state index in [9.17, 15) is 0 Å². The van der Waals surface area contributed by atoms with Crippen LogP contribution >= 0.6 is 11.6 Å². The van der Waals surface area contributed by atoms with E-state index in [1.54, 1.807) is 6.20 Å². The van der Waals surface area contributed by atoms with Crippen molar-refractivity contribution in [1.29, 1.82) is 0 Å². The highest BCUT2D eigenvalue weighted by atomic mass is 35.5. The van der Waals surface area contributed by atoms with Gasteiger partial charge in [-0.05, 0) is 26.0 Å². The minimum Gasteiger partial charge on any atom is -0.473 e. The fraction of sp³-hybridized carbons (Fsp3) is 0.364. The smallest absolute Gasteiger partial charge is 0.237 e. The molecular weight excluding hydrogens is 212 g/mol. The van der Waals surface area contributed by atoms with E-state index < -0.39 is 0 Å². The molecule has 82 valence electrons. The van der Waals surface area contributed by atoms with E-state index in [4.69, 9.17) is 16.3 Å². The van der Waals surface area contributed by atoms with Gasteiger partial charge in [0.05, 0.1) is 18.3 Å². The molecule has 0 aliphatic carbocycles. The van der Waals surface area contributed by atoms with Crippen molar-refractivity contribution in [3.8, 4) is 5.88 Å². The van der Waals surface area contributed by atoms with Crippen LogP contribution in [0.4, 0.5) is 5.69 Å². The molecule has 0 aromatic carbocycles. The molecule has 1 N–H and O–H groups in total. The van der Waals surface area contributed by atoms with Crippen molar-refractivity contribution in [3.63, 3.8) is 0 Å². The molecule has 0 aliphatic rings. The van der Waals surface area contributed by atoms with Crippen LogP contribution in [-0.4, -0.2) is 17.6 Å². The molecule has 0 amide bonds. The molecule has 1 aromatic heterocycles. The predicted octanol–water partition coefficient (Wildman–Crippen LogP) is 3.03. The van der Waals surface area contributed by atoms with E-state index >= 15 is 0 Å². The average Bonchev–Trinajstić information content (AvgIpc) is 2.15. The third kappa shape index (κ3) is 4.21. The lowest BCUT2D eigenvalue weighted by atomic mass is 10.4. The maximum atomic E-state index is 5.67. The van der Waals surface area contributed by atoms with Gasteiger partial charge in [0.1, 0.15) is 0 Å². The number of hydrogen-bond acceptors (Lipinski definition) is 3. The standard InChI is InChI=1S/C11H15ClN2O/c1-8(2)15-11-10(5-4-6-13-11)14-7-9(3)12/h4-6,8,14H,3,7H2,1-2H3. The fourth-order valence-electron chi connectivity index (χ4n) is 1.03. The van der Waals surface area contributed by atoms with E-state index in [1.165, 1.54) is 0 Å². The van der Waals surface area contributed by atoms with E-state index in [0.717, 1.165) is 5.69 Å². The van der Waals surface area contributed by atoms with Gasteiger partial charge < -0.3 is 10.1 Å². The van der Waals surface area contributed by atoms with Gasteiger partial charge in [0, 0.05) is 11.2 Å². The lowest BCUT2D eigenvalue weighted by molar-refractivity contribution is 0.234. The molecule has 0 spiro atoms. The molecule has 0 fully saturated rings. The van der Waals surface area contributed by atoms with Crippen molar-refractivity contribution >= 4 is 17.3 Å². The molecule has 0 saturated heterocycles. The quantitative estimate of drug-likeness (QED) is 0.838. The Bertz CT molecular complexity index is 339. The van der Waals surface area contributed by atoms with Crippen molar-refractivity contribution in [2.75, 3.05) is 11.9 Å². The second kappa shape index (κ2) is 5.61. The number of aromatic nitrogens is 1. The molecule has 0 unspecified atom stereocenters. The second-order valence-electron chi connectivity index (χ2n) is 3.39. The minimum absolute atomic E-state index is 0.0969. The molecule has 0 atom stereocenters. The molecular formula is C11H15ClN2O. The van der Waals surface area contributed by atoms with E-state index in [2.05, 4.69) is 16.9 Å². The van der Waals surface area contributed by atoms with Gasteiger partial charge >= 0.3 is 0 Å². The number of rotatable bonds is 5. The Kier molecular flexibility index (Phi) is 4.43. The average molecular weight is 227 g/mol. The van der Waals surface area contributed by atoms with Crippen molar-refractivity contribution in [2.45, 2.75) is 20.0 Å². The monoisotopic (exact) mass is 226 g/mol. The number of anilines is 1. The predicted molar refractivity (Wildman–Crippen MR) is 63.5 cm³/mol. The molecule has 4 heteroatoms. The molecule has 0 bridgehead atoms. The fourth-order valence-corrected chi connectivity index (χ4v) is 1.10. The SMILES string of the molecule is C=C(Cl)CNc1cccnc1OC(C)C. The number of nitrogens with zero attached hydrogens (tertiary/aromatic N) is 1. The number of hydrogen-bond donors (Lipinski definition) is 1. The first-order valence-electron chi connectivity index (χ1n) is 4.78. The largest absolute Gasteiger partial charge is 0.473 e. The summed E-state index contributed by atoms with van der Waals surface area (Å²) >= 11 is 5.67. The van der Waals surface area contributed by atoms with E-state index in [1.807, 2.05) is 26.0 Å². The van der Waals surface area contributed by atoms with Gasteiger partial charge in [-0.15, -0.1) is 0 Å². The topological polar surface area (TPSA) is 34.2 Å². The number of pyridine rings is 1. The first-order chi connectivity index (χ1) is 7.09. The highest BCUT2D eigenvalue weighted by Gasteiger charge is 2.05. The van der Waals surface area contributed by atoms with Gasteiger partial charge in [0.25, 0.3) is 0 Å². The van der Waals surface area contributed by atoms with Crippen LogP contribution in [0.2, 0.25) is 0 Å². The van der Waals surface area contributed by atoms with Crippen LogP contribution < -0.4 is 10.1 Å². The Morgan fingerprint density at radius 3 is 3.00 bits per heavy atom. The second-order valence-corrected chi connectivity index (χ2v) is 3.93. The summed E-state index contributed by atoms with van der Waals surface area (Å²) in [6.45, 7) is 8.02. The Morgan fingerprint density at radius 1 is 1.67 bits per heavy atom. The van der Waals surface area contributed by atoms with Crippen LogP contribution in [0.15, 0.2) is 29.9 Å². The van der Waals surface area contributed by atoms with E-state index in [-0.39, 0.29) is 6.10 Å². The molecule has 1 aromatic rings. The summed E-state index contributed by atoms with van der Waals surface area (Å²) in [7, 11) is 0. The van der Waals surface area contributed by atoms with Crippen LogP contribution in [0.1, 0.15) is 13.8 Å². The zero-order valence-electron chi connectivity index (χ0n) is 8.96. The van der Waals surface area contributed by atoms with Crippen LogP contribution in [0.25, 0.3) is 0 Å². The third-order valence-corrected chi connectivity index (χ3v) is 1.72. The zero-order chi connectivity index (χ0) is 11.3. The van der Waals surface area contributed by atoms with Crippen LogP contribution in [0, 0.1) is 0 Å². The normalized spacial score (nSPS) is 10.1. The summed E-state index contributed by atoms with van der Waals surface area (Å²) in [6, 6.07) is 3.73. The van der Waals surface area contributed by atoms with Crippen LogP contribution in [0.5, 0.6) is 5.88 Å². The molecule has 1 heterocycles. The summed E-state index contributed by atoms with van der Waals surface area (Å²) in [4.78, 5) is 4.14. The zero-order valence-corrected chi connectivity index (χ0v) is 9.71. The Morgan fingerprint density at radius 2 is 2.40 bits per heavy atom. The Labute approximate surface area is 95.1 Å². The van der Waals surface area contributed by atoms with Gasteiger partial charge in [-0.3, -0.25) is 0 Å². The van der Waals surface area contributed by atoms with Gasteiger partial charge in [-0.25, -0.2) is 4.98 Å². The Balaban J connectivity index is 2.72. The number of halogens is 1. The molecule has 3 nitrogen and oxygen atoms in total. The summed E-state index contributed by atoms with van der Waals surface area (Å²) < 4.78 is 5.53. The van der Waals surface area contributed by atoms with Crippen LogP contribution in [0.3, 0.4) is 0 Å². The molecule has 1 rings (SSSR count). The minimum atomic E-state index is 0.0969. The highest BCUT2D eigenvalue weighted by molar-refractivity contribution is 6.29. The van der Waals surface area contributed by atoms with Crippen molar-refractivity contribution in [2.24, 2.45) is 0 Å². The summed E-state index contributed by atoms with van der Waals surface area (Å²) in [5, 5.41) is 3.65. The summed E-state index contributed by atoms with van der Waals surface area (Å²) in [6.07, 6.45) is 1.79. The highest BCUT2D eigenvalue weighted by Crippen LogP contribution is 2.21. The molecule has 0 aliphatic heterocycles. The van der Waals surface area contributed by atoms with Gasteiger partial charge in [-0.1, -0.05) is 18.2 Å². The first kappa shape index (κ1) is 11.9. The summed E-state index contributed by atoms with van der Waals surface area (Å²) in [5.41, 5.74) is 0.827. The lowest BCUT2D eigenvalue weighted by Gasteiger charge is -2.13. The lowest BCUT2D eigenvalue weighted by Crippen LogP contribution is -2.10. The maximum Gasteiger partial charge on any atom is 0.237 e. The van der Waals surface area contributed by atoms with Gasteiger partial charge in [0.2, 0.25) is 5.88 Å². The third-order valence-electron chi connectivity index (χ3n) is 1.59. The number of nitrogens with one attached hydrogen (secondary N) is 1. The molecule has 15 heavy (non-hydrogen) atoms. The first-order valence-corrected chi connectivity index (χ1v) is 5.16. The van der Waals surface area contributed by atoms with Crippen molar-refractivity contribution in [3.05, 3.63) is 29.9 Å². The summed E-state index contributed by atoms with van der Waals surface area (Å²) in [5.74, 6) is 0.588. The van der Waals surface area contributed by atoms with Crippen molar-refractivity contribution in [1.82, 2.24) is 4.98 Å².